The van der Waals surface area contributed by atoms with Crippen LogP contribution in [0.1, 0.15) is 12.8 Å². The third kappa shape index (κ3) is 2.31. The van der Waals surface area contributed by atoms with Crippen LogP contribution in [0.5, 0.6) is 0 Å². The Labute approximate surface area is 134 Å². The molecule has 0 spiro atoms. The Morgan fingerprint density at radius 1 is 1.35 bits per heavy atom. The molecule has 4 rings (SSSR count). The fourth-order valence-corrected chi connectivity index (χ4v) is 3.60. The quantitative estimate of drug-likeness (QED) is 0.846. The van der Waals surface area contributed by atoms with Crippen LogP contribution in [0.15, 0.2) is 44.3 Å². The van der Waals surface area contributed by atoms with E-state index < -0.39 is 5.92 Å². The van der Waals surface area contributed by atoms with Crippen LogP contribution >= 0.6 is 11.8 Å². The SMILES string of the molecule is CC1=C(c2nc(-c3cccc(F)c3)no2)SC2=NC=NC(=O)C21. The Kier molecular flexibility index (Phi) is 3.19. The minimum absolute atomic E-state index is 0.250. The van der Waals surface area contributed by atoms with E-state index in [1.165, 1.54) is 30.2 Å². The first-order valence-electron chi connectivity index (χ1n) is 6.76. The summed E-state index contributed by atoms with van der Waals surface area (Å²) in [7, 11) is 0. The van der Waals surface area contributed by atoms with E-state index >= 15 is 0 Å². The molecule has 114 valence electrons. The van der Waals surface area contributed by atoms with Gasteiger partial charge in [0.25, 0.3) is 11.8 Å². The van der Waals surface area contributed by atoms with E-state index in [4.69, 9.17) is 4.52 Å². The van der Waals surface area contributed by atoms with Crippen LogP contribution in [-0.2, 0) is 4.79 Å². The van der Waals surface area contributed by atoms with Gasteiger partial charge in [-0.2, -0.15) is 4.98 Å². The molecule has 0 aliphatic carbocycles. The molecule has 1 aromatic heterocycles. The van der Waals surface area contributed by atoms with Crippen molar-refractivity contribution in [3.8, 4) is 11.4 Å². The van der Waals surface area contributed by atoms with E-state index in [0.29, 0.717) is 21.3 Å². The topological polar surface area (TPSA) is 80.7 Å². The normalized spacial score (nSPS) is 20.0. The second-order valence-electron chi connectivity index (χ2n) is 5.03. The van der Waals surface area contributed by atoms with Gasteiger partial charge in [-0.1, -0.05) is 29.1 Å². The lowest BCUT2D eigenvalue weighted by Crippen LogP contribution is -2.21. The van der Waals surface area contributed by atoms with Gasteiger partial charge in [0, 0.05) is 5.56 Å². The van der Waals surface area contributed by atoms with Crippen molar-refractivity contribution >= 4 is 34.0 Å². The van der Waals surface area contributed by atoms with Crippen molar-refractivity contribution in [3.05, 3.63) is 41.5 Å². The van der Waals surface area contributed by atoms with Crippen LogP contribution in [0.4, 0.5) is 4.39 Å². The summed E-state index contributed by atoms with van der Waals surface area (Å²) in [5.41, 5.74) is 1.31. The number of hydrogen-bond acceptors (Lipinski definition) is 6. The van der Waals surface area contributed by atoms with Crippen LogP contribution in [0.2, 0.25) is 0 Å². The summed E-state index contributed by atoms with van der Waals surface area (Å²) in [5, 5.41) is 4.54. The molecule has 0 N–H and O–H groups in total. The van der Waals surface area contributed by atoms with E-state index in [-0.39, 0.29) is 17.6 Å². The number of aromatic nitrogens is 2. The summed E-state index contributed by atoms with van der Waals surface area (Å²) < 4.78 is 18.6. The Morgan fingerprint density at radius 2 is 2.22 bits per heavy atom. The molecule has 2 aliphatic heterocycles. The summed E-state index contributed by atoms with van der Waals surface area (Å²) in [6, 6.07) is 5.95. The number of hydrogen-bond donors (Lipinski definition) is 0. The number of carbonyl (C=O) groups excluding carboxylic acids is 1. The molecule has 0 fully saturated rings. The van der Waals surface area contributed by atoms with Gasteiger partial charge in [-0.05, 0) is 24.6 Å². The van der Waals surface area contributed by atoms with Gasteiger partial charge < -0.3 is 4.52 Å². The van der Waals surface area contributed by atoms with Gasteiger partial charge in [0.05, 0.1) is 9.95 Å². The summed E-state index contributed by atoms with van der Waals surface area (Å²) in [5.74, 6) is -0.511. The highest BCUT2D eigenvalue weighted by Crippen LogP contribution is 2.45. The Bertz CT molecular complexity index is 916. The van der Waals surface area contributed by atoms with Gasteiger partial charge >= 0.3 is 0 Å². The van der Waals surface area contributed by atoms with Crippen LogP contribution in [0.25, 0.3) is 16.3 Å². The highest BCUT2D eigenvalue weighted by Gasteiger charge is 2.38. The van der Waals surface area contributed by atoms with Gasteiger partial charge in [0.2, 0.25) is 5.82 Å². The van der Waals surface area contributed by atoms with Crippen LogP contribution in [-0.4, -0.2) is 27.4 Å². The van der Waals surface area contributed by atoms with Crippen molar-refractivity contribution in [1.82, 2.24) is 10.1 Å². The maximum absolute atomic E-state index is 13.3. The fourth-order valence-electron chi connectivity index (χ4n) is 2.44. The molecule has 23 heavy (non-hydrogen) atoms. The number of halogens is 1. The molecule has 8 heteroatoms. The van der Waals surface area contributed by atoms with E-state index in [9.17, 15) is 9.18 Å². The zero-order chi connectivity index (χ0) is 16.0. The molecule has 0 radical (unpaired) electrons. The molecule has 3 heterocycles. The number of benzene rings is 1. The number of amides is 1. The average Bonchev–Trinajstić information content (AvgIpc) is 3.13. The van der Waals surface area contributed by atoms with Gasteiger partial charge in [0.1, 0.15) is 18.1 Å². The maximum atomic E-state index is 13.3. The lowest BCUT2D eigenvalue weighted by atomic mass is 10.0. The first-order valence-corrected chi connectivity index (χ1v) is 7.58. The molecule has 1 amide bonds. The number of rotatable bonds is 2. The smallest absolute Gasteiger partial charge is 0.265 e. The first kappa shape index (κ1) is 14.0. The van der Waals surface area contributed by atoms with Crippen LogP contribution in [0.3, 0.4) is 0 Å². The van der Waals surface area contributed by atoms with Crippen molar-refractivity contribution in [2.75, 3.05) is 0 Å². The molecule has 0 saturated carbocycles. The van der Waals surface area contributed by atoms with Gasteiger partial charge in [0.15, 0.2) is 0 Å². The summed E-state index contributed by atoms with van der Waals surface area (Å²) in [6.45, 7) is 1.82. The Balaban J connectivity index is 1.71. The Morgan fingerprint density at radius 3 is 3.00 bits per heavy atom. The van der Waals surface area contributed by atoms with E-state index in [1.54, 1.807) is 12.1 Å². The molecule has 0 saturated heterocycles. The first-order chi connectivity index (χ1) is 11.1. The second-order valence-corrected chi connectivity index (χ2v) is 6.06. The zero-order valence-electron chi connectivity index (χ0n) is 11.9. The molecule has 1 unspecified atom stereocenters. The number of nitrogens with zero attached hydrogens (tertiary/aromatic N) is 4. The predicted octanol–water partition coefficient (Wildman–Crippen LogP) is 2.94. The van der Waals surface area contributed by atoms with E-state index in [0.717, 1.165) is 5.57 Å². The molecule has 2 aromatic rings. The van der Waals surface area contributed by atoms with Crippen molar-refractivity contribution < 1.29 is 13.7 Å². The van der Waals surface area contributed by atoms with Crippen LogP contribution in [0, 0.1) is 11.7 Å². The third-order valence-electron chi connectivity index (χ3n) is 3.56. The van der Waals surface area contributed by atoms with Crippen molar-refractivity contribution in [2.24, 2.45) is 15.9 Å². The van der Waals surface area contributed by atoms with Crippen molar-refractivity contribution in [3.63, 3.8) is 0 Å². The maximum Gasteiger partial charge on any atom is 0.265 e. The lowest BCUT2D eigenvalue weighted by molar-refractivity contribution is -0.118. The molecular weight excluding hydrogens is 319 g/mol. The number of thioether (sulfide) groups is 1. The van der Waals surface area contributed by atoms with Gasteiger partial charge in [-0.3, -0.25) is 4.79 Å². The van der Waals surface area contributed by atoms with E-state index in [1.807, 2.05) is 6.92 Å². The predicted molar refractivity (Wildman–Crippen MR) is 84.3 cm³/mol. The molecule has 0 bridgehead atoms. The van der Waals surface area contributed by atoms with Crippen molar-refractivity contribution in [1.29, 1.82) is 0 Å². The number of aliphatic imine (C=N–C) groups is 2. The summed E-state index contributed by atoms with van der Waals surface area (Å²) in [4.78, 5) is 24.7. The number of carbonyl (C=O) groups is 1. The highest BCUT2D eigenvalue weighted by atomic mass is 32.2. The van der Waals surface area contributed by atoms with Crippen molar-refractivity contribution in [2.45, 2.75) is 6.92 Å². The monoisotopic (exact) mass is 328 g/mol. The molecule has 6 nitrogen and oxygen atoms in total. The van der Waals surface area contributed by atoms with Gasteiger partial charge in [-0.15, -0.1) is 0 Å². The molecule has 1 aromatic carbocycles. The molecular formula is C15H9FN4O2S. The van der Waals surface area contributed by atoms with Gasteiger partial charge in [-0.25, -0.2) is 14.4 Å². The molecule has 1 atom stereocenters. The largest absolute Gasteiger partial charge is 0.333 e. The minimum Gasteiger partial charge on any atom is -0.333 e. The lowest BCUT2D eigenvalue weighted by Gasteiger charge is -2.09. The minimum atomic E-state index is -0.468. The Hall–Kier alpha value is -2.61. The zero-order valence-corrected chi connectivity index (χ0v) is 12.7. The fraction of sp³-hybridized carbons (Fsp3) is 0.133. The van der Waals surface area contributed by atoms with Crippen LogP contribution < -0.4 is 0 Å². The summed E-state index contributed by atoms with van der Waals surface area (Å²) >= 11 is 1.32. The molecule has 2 aliphatic rings. The highest BCUT2D eigenvalue weighted by molar-refractivity contribution is 8.22. The standard InChI is InChI=1S/C15H9FN4O2S/c1-7-10-13(21)17-6-18-15(10)23-11(7)14-19-12(20-22-14)8-3-2-4-9(16)5-8/h2-6,10H,1H3. The van der Waals surface area contributed by atoms with E-state index in [2.05, 4.69) is 20.1 Å². The summed E-state index contributed by atoms with van der Waals surface area (Å²) in [6.07, 6.45) is 1.25. The third-order valence-corrected chi connectivity index (χ3v) is 4.82. The number of fused-ring (bicyclic) bond motifs is 1. The average molecular weight is 328 g/mol. The second kappa shape index (κ2) is 5.24.